The number of nitrogens with one attached hydrogen (secondary N) is 1. The van der Waals surface area contributed by atoms with Crippen molar-refractivity contribution in [1.29, 1.82) is 0 Å². The molecular formula is C20H22N2OS. The summed E-state index contributed by atoms with van der Waals surface area (Å²) in [6.45, 7) is 3.65. The van der Waals surface area contributed by atoms with Gasteiger partial charge in [0.2, 0.25) is 0 Å². The molecule has 1 N–H and O–H groups in total. The van der Waals surface area contributed by atoms with Crippen LogP contribution in [-0.2, 0) is 0 Å². The SMILES string of the molecule is O=C(NCC1CCCN(CC#Cc2ccccc2)C1)c1cccs1. The Morgan fingerprint density at radius 3 is 2.92 bits per heavy atom. The second kappa shape index (κ2) is 8.68. The summed E-state index contributed by atoms with van der Waals surface area (Å²) in [4.78, 5) is 15.2. The highest BCUT2D eigenvalue weighted by atomic mass is 32.1. The summed E-state index contributed by atoms with van der Waals surface area (Å²) in [7, 11) is 0. The number of likely N-dealkylation sites (tertiary alicyclic amines) is 1. The van der Waals surface area contributed by atoms with Crippen molar-refractivity contribution in [2.24, 2.45) is 5.92 Å². The summed E-state index contributed by atoms with van der Waals surface area (Å²) in [6.07, 6.45) is 2.35. The Kier molecular flexibility index (Phi) is 6.06. The Bertz CT molecular complexity index is 700. The average Bonchev–Trinajstić information content (AvgIpc) is 3.16. The zero-order valence-corrected chi connectivity index (χ0v) is 14.5. The fourth-order valence-electron chi connectivity index (χ4n) is 2.97. The monoisotopic (exact) mass is 338 g/mol. The van der Waals surface area contributed by atoms with Crippen molar-refractivity contribution in [3.63, 3.8) is 0 Å². The van der Waals surface area contributed by atoms with E-state index in [4.69, 9.17) is 0 Å². The molecule has 3 rings (SSSR count). The first-order chi connectivity index (χ1) is 11.8. The highest BCUT2D eigenvalue weighted by Crippen LogP contribution is 2.16. The van der Waals surface area contributed by atoms with Gasteiger partial charge in [-0.15, -0.1) is 11.3 Å². The Balaban J connectivity index is 1.44. The lowest BCUT2D eigenvalue weighted by atomic mass is 9.98. The highest BCUT2D eigenvalue weighted by Gasteiger charge is 2.20. The molecule has 0 bridgehead atoms. The van der Waals surface area contributed by atoms with Crippen LogP contribution in [-0.4, -0.2) is 37.0 Å². The minimum atomic E-state index is 0.0472. The molecule has 124 valence electrons. The number of hydrogen-bond acceptors (Lipinski definition) is 3. The lowest BCUT2D eigenvalue weighted by molar-refractivity contribution is 0.0939. The zero-order chi connectivity index (χ0) is 16.6. The zero-order valence-electron chi connectivity index (χ0n) is 13.7. The van der Waals surface area contributed by atoms with Gasteiger partial charge in [0.05, 0.1) is 11.4 Å². The molecular weight excluding hydrogens is 316 g/mol. The van der Waals surface area contributed by atoms with Gasteiger partial charge in [-0.25, -0.2) is 0 Å². The molecule has 0 aliphatic carbocycles. The predicted octanol–water partition coefficient (Wildman–Crippen LogP) is 3.24. The molecule has 1 atom stereocenters. The molecule has 2 heterocycles. The van der Waals surface area contributed by atoms with Crippen molar-refractivity contribution < 1.29 is 4.79 Å². The number of amides is 1. The summed E-state index contributed by atoms with van der Waals surface area (Å²) in [5, 5.41) is 5.00. The summed E-state index contributed by atoms with van der Waals surface area (Å²) < 4.78 is 0. The quantitative estimate of drug-likeness (QED) is 0.868. The molecule has 1 aromatic heterocycles. The number of benzene rings is 1. The van der Waals surface area contributed by atoms with Gasteiger partial charge in [0.15, 0.2) is 0 Å². The topological polar surface area (TPSA) is 32.3 Å². The average molecular weight is 338 g/mol. The van der Waals surface area contributed by atoms with E-state index in [-0.39, 0.29) is 5.91 Å². The molecule has 2 aromatic rings. The van der Waals surface area contributed by atoms with Crippen LogP contribution < -0.4 is 5.32 Å². The minimum absolute atomic E-state index is 0.0472. The van der Waals surface area contributed by atoms with E-state index >= 15 is 0 Å². The van der Waals surface area contributed by atoms with Gasteiger partial charge in [-0.05, 0) is 48.9 Å². The predicted molar refractivity (Wildman–Crippen MR) is 99.1 cm³/mol. The molecule has 1 fully saturated rings. The highest BCUT2D eigenvalue weighted by molar-refractivity contribution is 7.12. The number of carbonyl (C=O) groups is 1. The Hall–Kier alpha value is -2.09. The van der Waals surface area contributed by atoms with Crippen LogP contribution in [0.25, 0.3) is 0 Å². The van der Waals surface area contributed by atoms with Crippen molar-refractivity contribution in [1.82, 2.24) is 10.2 Å². The van der Waals surface area contributed by atoms with Crippen molar-refractivity contribution >= 4 is 17.2 Å². The largest absolute Gasteiger partial charge is 0.351 e. The lowest BCUT2D eigenvalue weighted by Gasteiger charge is -2.31. The maximum atomic E-state index is 12.0. The summed E-state index contributed by atoms with van der Waals surface area (Å²) in [5.41, 5.74) is 1.06. The van der Waals surface area contributed by atoms with Crippen LogP contribution in [0.3, 0.4) is 0 Å². The van der Waals surface area contributed by atoms with Gasteiger partial charge >= 0.3 is 0 Å². The number of carbonyl (C=O) groups excluding carboxylic acids is 1. The third kappa shape index (κ3) is 4.95. The Morgan fingerprint density at radius 1 is 1.25 bits per heavy atom. The van der Waals surface area contributed by atoms with E-state index < -0.39 is 0 Å². The molecule has 0 radical (unpaired) electrons. The first-order valence-corrected chi connectivity index (χ1v) is 9.27. The summed E-state index contributed by atoms with van der Waals surface area (Å²) in [5.74, 6) is 7.05. The number of rotatable bonds is 4. The molecule has 24 heavy (non-hydrogen) atoms. The maximum absolute atomic E-state index is 12.0. The van der Waals surface area contributed by atoms with Gasteiger partial charge in [-0.1, -0.05) is 36.1 Å². The molecule has 1 aromatic carbocycles. The fourth-order valence-corrected chi connectivity index (χ4v) is 3.61. The molecule has 0 saturated carbocycles. The number of nitrogens with zero attached hydrogens (tertiary/aromatic N) is 1. The van der Waals surface area contributed by atoms with Crippen molar-refractivity contribution in [2.45, 2.75) is 12.8 Å². The molecule has 1 unspecified atom stereocenters. The van der Waals surface area contributed by atoms with Crippen LogP contribution in [0.15, 0.2) is 47.8 Å². The number of piperidine rings is 1. The molecule has 0 spiro atoms. The van der Waals surface area contributed by atoms with Crippen LogP contribution in [0.1, 0.15) is 28.1 Å². The standard InChI is InChI=1S/C20H22N2OS/c23-20(19-11-6-14-24-19)21-15-18-10-5-13-22(16-18)12-4-9-17-7-2-1-3-8-17/h1-3,6-8,11,14,18H,5,10,12-13,15-16H2,(H,21,23). The van der Waals surface area contributed by atoms with Crippen LogP contribution in [0.4, 0.5) is 0 Å². The van der Waals surface area contributed by atoms with E-state index in [1.54, 1.807) is 0 Å². The van der Waals surface area contributed by atoms with Crippen LogP contribution in [0, 0.1) is 17.8 Å². The third-order valence-electron chi connectivity index (χ3n) is 4.21. The number of hydrogen-bond donors (Lipinski definition) is 1. The van der Waals surface area contributed by atoms with Crippen molar-refractivity contribution in [3.8, 4) is 11.8 Å². The van der Waals surface area contributed by atoms with E-state index in [1.165, 1.54) is 24.2 Å². The van der Waals surface area contributed by atoms with Gasteiger partial charge < -0.3 is 5.32 Å². The van der Waals surface area contributed by atoms with Crippen LogP contribution in [0.2, 0.25) is 0 Å². The number of thiophene rings is 1. The first-order valence-electron chi connectivity index (χ1n) is 8.39. The normalized spacial score (nSPS) is 17.8. The molecule has 4 heteroatoms. The Labute approximate surface area is 147 Å². The van der Waals surface area contributed by atoms with Crippen LogP contribution in [0.5, 0.6) is 0 Å². The Morgan fingerprint density at radius 2 is 2.12 bits per heavy atom. The van der Waals surface area contributed by atoms with E-state index in [0.717, 1.165) is 36.6 Å². The molecule has 1 saturated heterocycles. The maximum Gasteiger partial charge on any atom is 0.261 e. The lowest BCUT2D eigenvalue weighted by Crippen LogP contribution is -2.40. The van der Waals surface area contributed by atoms with E-state index in [0.29, 0.717) is 5.92 Å². The minimum Gasteiger partial charge on any atom is -0.351 e. The molecule has 1 aliphatic rings. The van der Waals surface area contributed by atoms with Gasteiger partial charge in [0.25, 0.3) is 5.91 Å². The second-order valence-corrected chi connectivity index (χ2v) is 7.05. The van der Waals surface area contributed by atoms with Gasteiger partial charge in [-0.3, -0.25) is 9.69 Å². The molecule has 1 aliphatic heterocycles. The molecule has 3 nitrogen and oxygen atoms in total. The summed E-state index contributed by atoms with van der Waals surface area (Å²) in [6, 6.07) is 13.9. The van der Waals surface area contributed by atoms with Crippen molar-refractivity contribution in [2.75, 3.05) is 26.2 Å². The van der Waals surface area contributed by atoms with E-state index in [2.05, 4.69) is 22.1 Å². The van der Waals surface area contributed by atoms with Gasteiger partial charge in [0, 0.05) is 18.7 Å². The van der Waals surface area contributed by atoms with Crippen molar-refractivity contribution in [3.05, 3.63) is 58.3 Å². The van der Waals surface area contributed by atoms with Crippen LogP contribution >= 0.6 is 11.3 Å². The van der Waals surface area contributed by atoms with E-state index in [1.807, 2.05) is 47.8 Å². The first kappa shape index (κ1) is 16.8. The second-order valence-electron chi connectivity index (χ2n) is 6.10. The molecule has 1 amide bonds. The third-order valence-corrected chi connectivity index (χ3v) is 5.08. The van der Waals surface area contributed by atoms with Gasteiger partial charge in [-0.2, -0.15) is 0 Å². The van der Waals surface area contributed by atoms with E-state index in [9.17, 15) is 4.79 Å². The summed E-state index contributed by atoms with van der Waals surface area (Å²) >= 11 is 1.49. The fraction of sp³-hybridized carbons (Fsp3) is 0.350. The van der Waals surface area contributed by atoms with Gasteiger partial charge in [0.1, 0.15) is 0 Å². The smallest absolute Gasteiger partial charge is 0.261 e.